The third kappa shape index (κ3) is 3.52. The minimum atomic E-state index is -0.449. The van der Waals surface area contributed by atoms with E-state index in [4.69, 9.17) is 10.00 Å². The molecule has 1 unspecified atom stereocenters. The van der Waals surface area contributed by atoms with Crippen LogP contribution in [0.1, 0.15) is 18.9 Å². The molecule has 0 bridgehead atoms. The summed E-state index contributed by atoms with van der Waals surface area (Å²) >= 11 is 1.31. The highest BCUT2D eigenvalue weighted by molar-refractivity contribution is 7.20. The van der Waals surface area contributed by atoms with Crippen molar-refractivity contribution in [2.24, 2.45) is 0 Å². The molecule has 1 N–H and O–H groups in total. The van der Waals surface area contributed by atoms with Crippen LogP contribution >= 0.6 is 11.3 Å². The maximum absolute atomic E-state index is 11.7. The number of nitrogens with zero attached hydrogens (tertiary/aromatic N) is 4. The maximum Gasteiger partial charge on any atom is 0.275 e. The van der Waals surface area contributed by atoms with Crippen molar-refractivity contribution in [2.75, 3.05) is 5.32 Å². The van der Waals surface area contributed by atoms with Crippen LogP contribution in [0.15, 0.2) is 41.3 Å². The fourth-order valence-electron chi connectivity index (χ4n) is 2.09. The van der Waals surface area contributed by atoms with Crippen LogP contribution in [0.3, 0.4) is 0 Å². The van der Waals surface area contributed by atoms with E-state index < -0.39 is 6.10 Å². The molecule has 122 valence electrons. The Hall–Kier alpha value is -2.92. The second-order valence-corrected chi connectivity index (χ2v) is 5.99. The summed E-state index contributed by atoms with van der Waals surface area (Å²) in [4.78, 5) is 16.3. The van der Waals surface area contributed by atoms with Crippen molar-refractivity contribution in [3.63, 3.8) is 0 Å². The molecular weight excluding hydrogens is 326 g/mol. The molecule has 1 atom stereocenters. The van der Waals surface area contributed by atoms with E-state index >= 15 is 0 Å². The molecule has 0 aliphatic rings. The van der Waals surface area contributed by atoms with Crippen LogP contribution in [0.4, 0.5) is 5.13 Å². The Labute approximate surface area is 142 Å². The molecule has 2 heterocycles. The average molecular weight is 341 g/mol. The van der Waals surface area contributed by atoms with Gasteiger partial charge in [0.05, 0.1) is 0 Å². The molecule has 0 aliphatic heterocycles. The molecule has 0 spiro atoms. The predicted octanol–water partition coefficient (Wildman–Crippen LogP) is 2.44. The van der Waals surface area contributed by atoms with Crippen LogP contribution in [-0.4, -0.2) is 20.7 Å². The third-order valence-corrected chi connectivity index (χ3v) is 4.19. The lowest BCUT2D eigenvalue weighted by molar-refractivity contribution is 0.251. The number of anilines is 1. The van der Waals surface area contributed by atoms with Crippen LogP contribution in [0.2, 0.25) is 0 Å². The van der Waals surface area contributed by atoms with E-state index in [9.17, 15) is 4.79 Å². The van der Waals surface area contributed by atoms with Crippen molar-refractivity contribution >= 4 is 21.4 Å². The first-order chi connectivity index (χ1) is 11.7. The molecular formula is C16H15N5O2S. The predicted molar refractivity (Wildman–Crippen MR) is 91.2 cm³/mol. The quantitative estimate of drug-likeness (QED) is 0.740. The number of nitrogens with one attached hydrogen (secondary N) is 1. The Bertz CT molecular complexity index is 943. The van der Waals surface area contributed by atoms with Gasteiger partial charge in [0.1, 0.15) is 11.8 Å². The number of benzene rings is 1. The van der Waals surface area contributed by atoms with E-state index in [2.05, 4.69) is 21.5 Å². The molecule has 0 radical (unpaired) electrons. The summed E-state index contributed by atoms with van der Waals surface area (Å²) in [6, 6.07) is 11.0. The number of rotatable bonds is 6. The van der Waals surface area contributed by atoms with E-state index in [-0.39, 0.29) is 5.56 Å². The van der Waals surface area contributed by atoms with Gasteiger partial charge in [-0.05, 0) is 24.1 Å². The number of hydrogen-bond donors (Lipinski definition) is 1. The number of aromatic nitrogens is 3. The fraction of sp³-hybridized carbons (Fsp3) is 0.250. The Kier molecular flexibility index (Phi) is 4.72. The van der Waals surface area contributed by atoms with Crippen LogP contribution in [-0.2, 0) is 6.54 Å². The molecule has 0 amide bonds. The number of hydrogen-bond acceptors (Lipinski definition) is 7. The van der Waals surface area contributed by atoms with Crippen molar-refractivity contribution < 1.29 is 4.74 Å². The van der Waals surface area contributed by atoms with E-state index in [1.165, 1.54) is 28.1 Å². The molecule has 2 aromatic heterocycles. The Morgan fingerprint density at radius 1 is 1.46 bits per heavy atom. The van der Waals surface area contributed by atoms with Crippen molar-refractivity contribution in [1.82, 2.24) is 14.6 Å². The highest BCUT2D eigenvalue weighted by Gasteiger charge is 2.08. The summed E-state index contributed by atoms with van der Waals surface area (Å²) in [6.07, 6.45) is 1.65. The van der Waals surface area contributed by atoms with Crippen LogP contribution in [0.5, 0.6) is 5.75 Å². The second kappa shape index (κ2) is 7.10. The molecule has 8 heteroatoms. The summed E-state index contributed by atoms with van der Waals surface area (Å²) in [7, 11) is 0. The number of fused-ring (bicyclic) bond motifs is 1. The van der Waals surface area contributed by atoms with Crippen molar-refractivity contribution in [2.45, 2.75) is 26.0 Å². The minimum Gasteiger partial charge on any atom is -0.476 e. The third-order valence-electron chi connectivity index (χ3n) is 3.31. The van der Waals surface area contributed by atoms with E-state index in [1.54, 1.807) is 0 Å². The Morgan fingerprint density at radius 3 is 3.08 bits per heavy atom. The SMILES string of the molecule is CCC(C#N)Oc1cccc(CNc2nn3c(=O)ccnc3s2)c1. The van der Waals surface area contributed by atoms with Crippen LogP contribution in [0, 0.1) is 11.3 Å². The molecule has 3 aromatic rings. The van der Waals surface area contributed by atoms with Crippen LogP contribution in [0.25, 0.3) is 4.96 Å². The molecule has 3 rings (SSSR count). The summed E-state index contributed by atoms with van der Waals surface area (Å²) in [5, 5.41) is 17.0. The summed E-state index contributed by atoms with van der Waals surface area (Å²) in [6.45, 7) is 2.43. The van der Waals surface area contributed by atoms with Gasteiger partial charge in [0.2, 0.25) is 10.1 Å². The van der Waals surface area contributed by atoms with E-state index in [1.807, 2.05) is 31.2 Å². The Balaban J connectivity index is 1.71. The zero-order chi connectivity index (χ0) is 16.9. The first-order valence-electron chi connectivity index (χ1n) is 7.43. The zero-order valence-electron chi connectivity index (χ0n) is 13.0. The second-order valence-electron chi connectivity index (χ2n) is 5.03. The first-order valence-corrected chi connectivity index (χ1v) is 8.25. The first kappa shape index (κ1) is 16.0. The highest BCUT2D eigenvalue weighted by atomic mass is 32.1. The summed E-state index contributed by atoms with van der Waals surface area (Å²) in [5.41, 5.74) is 0.779. The standard InChI is InChI=1S/C16H15N5O2S/c1-2-12(9-17)23-13-5-3-4-11(8-13)10-19-15-20-21-14(22)6-7-18-16(21)24-15/h3-8,12H,2,10H2,1H3,(H,19,20). The van der Waals surface area contributed by atoms with Gasteiger partial charge in [-0.15, -0.1) is 5.10 Å². The van der Waals surface area contributed by atoms with Crippen molar-refractivity contribution in [3.8, 4) is 11.8 Å². The van der Waals surface area contributed by atoms with Gasteiger partial charge in [0.15, 0.2) is 6.10 Å². The number of ether oxygens (including phenoxy) is 1. The molecule has 0 saturated carbocycles. The van der Waals surface area contributed by atoms with Gasteiger partial charge in [-0.2, -0.15) is 9.78 Å². The fourth-order valence-corrected chi connectivity index (χ4v) is 2.86. The van der Waals surface area contributed by atoms with Gasteiger partial charge in [0.25, 0.3) is 5.56 Å². The summed E-state index contributed by atoms with van der Waals surface area (Å²) < 4.78 is 6.88. The topological polar surface area (TPSA) is 92.3 Å². The zero-order valence-corrected chi connectivity index (χ0v) is 13.8. The monoisotopic (exact) mass is 341 g/mol. The van der Waals surface area contributed by atoms with Gasteiger partial charge < -0.3 is 10.1 Å². The highest BCUT2D eigenvalue weighted by Crippen LogP contribution is 2.19. The molecule has 0 fully saturated rings. The molecule has 24 heavy (non-hydrogen) atoms. The van der Waals surface area contributed by atoms with Gasteiger partial charge in [-0.25, -0.2) is 4.98 Å². The largest absolute Gasteiger partial charge is 0.476 e. The lowest BCUT2D eigenvalue weighted by Gasteiger charge is -2.11. The van der Waals surface area contributed by atoms with E-state index in [0.29, 0.717) is 28.8 Å². The van der Waals surface area contributed by atoms with Gasteiger partial charge in [0, 0.05) is 18.8 Å². The summed E-state index contributed by atoms with van der Waals surface area (Å²) in [5.74, 6) is 0.657. The molecule has 0 aliphatic carbocycles. The van der Waals surface area contributed by atoms with Crippen LogP contribution < -0.4 is 15.6 Å². The Morgan fingerprint density at radius 2 is 2.33 bits per heavy atom. The van der Waals surface area contributed by atoms with Crippen molar-refractivity contribution in [3.05, 3.63) is 52.4 Å². The van der Waals surface area contributed by atoms with Crippen molar-refractivity contribution in [1.29, 1.82) is 5.26 Å². The normalized spacial score (nSPS) is 11.8. The lowest BCUT2D eigenvalue weighted by atomic mass is 10.2. The number of nitriles is 1. The van der Waals surface area contributed by atoms with E-state index in [0.717, 1.165) is 5.56 Å². The maximum atomic E-state index is 11.7. The van der Waals surface area contributed by atoms with Gasteiger partial charge in [-0.1, -0.05) is 30.4 Å². The molecule has 1 aromatic carbocycles. The minimum absolute atomic E-state index is 0.207. The molecule has 0 saturated heterocycles. The lowest BCUT2D eigenvalue weighted by Crippen LogP contribution is -2.13. The van der Waals surface area contributed by atoms with Gasteiger partial charge >= 0.3 is 0 Å². The average Bonchev–Trinajstić information content (AvgIpc) is 3.03. The molecule has 7 nitrogen and oxygen atoms in total. The van der Waals surface area contributed by atoms with Gasteiger partial charge in [-0.3, -0.25) is 4.79 Å². The smallest absolute Gasteiger partial charge is 0.275 e.